The van der Waals surface area contributed by atoms with E-state index in [0.717, 1.165) is 11.3 Å². The van der Waals surface area contributed by atoms with Gasteiger partial charge in [0.05, 0.1) is 16.3 Å². The highest BCUT2D eigenvalue weighted by molar-refractivity contribution is 7.91. The van der Waals surface area contributed by atoms with E-state index < -0.39 is 15.9 Å². The van der Waals surface area contributed by atoms with Gasteiger partial charge in [0.25, 0.3) is 5.91 Å². The summed E-state index contributed by atoms with van der Waals surface area (Å²) in [5, 5.41) is 7.99. The van der Waals surface area contributed by atoms with E-state index in [0.29, 0.717) is 5.02 Å². The van der Waals surface area contributed by atoms with Crippen molar-refractivity contribution in [3.8, 4) is 0 Å². The Bertz CT molecular complexity index is 771. The Hall–Kier alpha value is -1.48. The average Bonchev–Trinajstić information content (AvgIpc) is 2.70. The van der Waals surface area contributed by atoms with Crippen LogP contribution >= 0.6 is 22.9 Å². The van der Waals surface area contributed by atoms with Gasteiger partial charge < -0.3 is 0 Å². The van der Waals surface area contributed by atoms with Crippen molar-refractivity contribution >= 4 is 44.0 Å². The number of rotatable bonds is 3. The molecule has 2 aromatic rings. The molecule has 20 heavy (non-hydrogen) atoms. The van der Waals surface area contributed by atoms with Gasteiger partial charge in [-0.3, -0.25) is 10.1 Å². The fraction of sp³-hybridized carbons (Fsp3) is 0.0909. The number of nitrogens with one attached hydrogen (secondary N) is 1. The number of aromatic nitrogens is 1. The van der Waals surface area contributed by atoms with E-state index >= 15 is 0 Å². The molecule has 0 aliphatic carbocycles. The highest BCUT2D eigenvalue weighted by Crippen LogP contribution is 2.26. The zero-order valence-corrected chi connectivity index (χ0v) is 12.6. The van der Waals surface area contributed by atoms with Crippen molar-refractivity contribution < 1.29 is 13.2 Å². The summed E-state index contributed by atoms with van der Waals surface area (Å²) in [6.45, 7) is 1.50. The third-order valence-electron chi connectivity index (χ3n) is 2.35. The summed E-state index contributed by atoms with van der Waals surface area (Å²) in [7, 11) is -3.84. The van der Waals surface area contributed by atoms with E-state index in [-0.39, 0.29) is 20.6 Å². The summed E-state index contributed by atoms with van der Waals surface area (Å²) < 4.78 is 22.5. The normalized spacial score (nSPS) is 11.3. The van der Waals surface area contributed by atoms with Crippen LogP contribution in [-0.4, -0.2) is 19.3 Å². The molecule has 0 spiro atoms. The minimum Gasteiger partial charge on any atom is -0.298 e. The molecule has 0 bridgehead atoms. The number of hydrogen-bond acceptors (Lipinski definition) is 5. The monoisotopic (exact) mass is 331 g/mol. The summed E-state index contributed by atoms with van der Waals surface area (Å²) >= 11 is 6.70. The van der Waals surface area contributed by atoms with E-state index in [9.17, 15) is 13.2 Å². The number of carbonyl (C=O) groups is 1. The van der Waals surface area contributed by atoms with Crippen molar-refractivity contribution in [2.75, 3.05) is 5.32 Å². The number of carbonyl (C=O) groups excluding carboxylic acids is 1. The van der Waals surface area contributed by atoms with Gasteiger partial charge in [0.1, 0.15) is 0 Å². The van der Waals surface area contributed by atoms with Crippen LogP contribution in [0.2, 0.25) is 5.02 Å². The van der Waals surface area contributed by atoms with Gasteiger partial charge in [-0.2, -0.15) is 0 Å². The highest BCUT2D eigenvalue weighted by atomic mass is 35.5. The maximum absolute atomic E-state index is 12.0. The van der Waals surface area contributed by atoms with E-state index in [1.807, 2.05) is 0 Å². The van der Waals surface area contributed by atoms with Gasteiger partial charge in [-0.1, -0.05) is 35.1 Å². The van der Waals surface area contributed by atoms with E-state index in [1.165, 1.54) is 6.92 Å². The number of anilines is 1. The molecule has 1 heterocycles. The number of hydrogen-bond donors (Lipinski definition) is 2. The summed E-state index contributed by atoms with van der Waals surface area (Å²) in [4.78, 5) is 16.0. The minimum absolute atomic E-state index is 0.0769. The Balaban J connectivity index is 2.28. The van der Waals surface area contributed by atoms with Crippen LogP contribution in [0.4, 0.5) is 5.13 Å². The summed E-state index contributed by atoms with van der Waals surface area (Å²) in [6, 6.07) is 6.51. The van der Waals surface area contributed by atoms with Gasteiger partial charge in [-0.05, 0) is 19.1 Å². The number of sulfonamides is 1. The van der Waals surface area contributed by atoms with Gasteiger partial charge in [-0.25, -0.2) is 18.5 Å². The highest BCUT2D eigenvalue weighted by Gasteiger charge is 2.19. The SMILES string of the molecule is Cc1nc(NC(=O)c2ccccc2Cl)sc1S(N)(=O)=O. The van der Waals surface area contributed by atoms with Crippen molar-refractivity contribution in [2.24, 2.45) is 5.14 Å². The third-order valence-corrected chi connectivity index (χ3v) is 5.31. The molecule has 6 nitrogen and oxygen atoms in total. The Kier molecular flexibility index (Phi) is 4.09. The third kappa shape index (κ3) is 3.15. The minimum atomic E-state index is -3.84. The first-order chi connectivity index (χ1) is 9.29. The van der Waals surface area contributed by atoms with Crippen molar-refractivity contribution in [2.45, 2.75) is 11.1 Å². The average molecular weight is 332 g/mol. The Morgan fingerprint density at radius 2 is 2.05 bits per heavy atom. The number of halogens is 1. The molecule has 1 aromatic carbocycles. The van der Waals surface area contributed by atoms with Crippen molar-refractivity contribution in [1.29, 1.82) is 0 Å². The molecule has 3 N–H and O–H groups in total. The number of thiazole rings is 1. The van der Waals surface area contributed by atoms with Crippen molar-refractivity contribution in [3.63, 3.8) is 0 Å². The van der Waals surface area contributed by atoms with Crippen molar-refractivity contribution in [3.05, 3.63) is 40.5 Å². The number of nitrogens with two attached hydrogens (primary N) is 1. The second-order valence-corrected chi connectivity index (χ2v) is 7.03. The predicted molar refractivity (Wildman–Crippen MR) is 77.6 cm³/mol. The number of primary sulfonamides is 1. The van der Waals surface area contributed by atoms with Crippen LogP contribution in [0.5, 0.6) is 0 Å². The zero-order chi connectivity index (χ0) is 14.9. The van der Waals surface area contributed by atoms with Crippen LogP contribution in [0.3, 0.4) is 0 Å². The van der Waals surface area contributed by atoms with Gasteiger partial charge in [0.15, 0.2) is 9.34 Å². The summed E-state index contributed by atoms with van der Waals surface area (Å²) in [5.41, 5.74) is 0.520. The predicted octanol–water partition coefficient (Wildman–Crippen LogP) is 2.00. The molecule has 106 valence electrons. The van der Waals surface area contributed by atoms with Crippen LogP contribution in [-0.2, 0) is 10.0 Å². The molecule has 0 saturated carbocycles. The first-order valence-electron chi connectivity index (χ1n) is 5.35. The van der Waals surface area contributed by atoms with Gasteiger partial charge in [0, 0.05) is 0 Å². The molecule has 0 saturated heterocycles. The lowest BCUT2D eigenvalue weighted by Crippen LogP contribution is -2.12. The number of aryl methyl sites for hydroxylation is 1. The Labute approximate surface area is 124 Å². The molecule has 0 aliphatic rings. The lowest BCUT2D eigenvalue weighted by atomic mass is 10.2. The fourth-order valence-corrected chi connectivity index (χ4v) is 3.59. The number of benzene rings is 1. The fourth-order valence-electron chi connectivity index (χ4n) is 1.51. The van der Waals surface area contributed by atoms with Crippen LogP contribution in [0.25, 0.3) is 0 Å². The Morgan fingerprint density at radius 1 is 1.40 bits per heavy atom. The maximum atomic E-state index is 12.0. The molecule has 9 heteroatoms. The Morgan fingerprint density at radius 3 is 2.60 bits per heavy atom. The second-order valence-electron chi connectivity index (χ2n) is 3.87. The van der Waals surface area contributed by atoms with Crippen LogP contribution in [0, 0.1) is 6.92 Å². The molecule has 1 amide bonds. The molecule has 0 aliphatic heterocycles. The van der Waals surface area contributed by atoms with Crippen molar-refractivity contribution in [1.82, 2.24) is 4.98 Å². The first-order valence-corrected chi connectivity index (χ1v) is 8.09. The molecular weight excluding hydrogens is 322 g/mol. The summed E-state index contributed by atoms with van der Waals surface area (Å²) in [5.74, 6) is -0.467. The molecule has 0 unspecified atom stereocenters. The molecule has 2 rings (SSSR count). The number of amides is 1. The summed E-state index contributed by atoms with van der Waals surface area (Å²) in [6.07, 6.45) is 0. The molecule has 0 fully saturated rings. The smallest absolute Gasteiger partial charge is 0.258 e. The van der Waals surface area contributed by atoms with E-state index in [2.05, 4.69) is 10.3 Å². The maximum Gasteiger partial charge on any atom is 0.258 e. The molecule has 0 atom stereocenters. The molecule has 1 aromatic heterocycles. The topological polar surface area (TPSA) is 102 Å². The first kappa shape index (κ1) is 14.9. The number of nitrogens with zero attached hydrogens (tertiary/aromatic N) is 1. The lowest BCUT2D eigenvalue weighted by molar-refractivity contribution is 0.102. The molecular formula is C11H10ClN3O3S2. The van der Waals surface area contributed by atoms with Crippen LogP contribution in [0.1, 0.15) is 16.1 Å². The van der Waals surface area contributed by atoms with Gasteiger partial charge in [-0.15, -0.1) is 0 Å². The quantitative estimate of drug-likeness (QED) is 0.897. The second kappa shape index (κ2) is 5.49. The standard InChI is InChI=1S/C11H10ClN3O3S2/c1-6-10(20(13,17)18)19-11(14-6)15-9(16)7-4-2-3-5-8(7)12/h2-5H,1H3,(H2,13,17,18)(H,14,15,16). The van der Waals surface area contributed by atoms with Crippen LogP contribution in [0.15, 0.2) is 28.5 Å². The van der Waals surface area contributed by atoms with Gasteiger partial charge in [0.2, 0.25) is 10.0 Å². The van der Waals surface area contributed by atoms with Gasteiger partial charge >= 0.3 is 0 Å². The zero-order valence-electron chi connectivity index (χ0n) is 10.3. The van der Waals surface area contributed by atoms with Crippen LogP contribution < -0.4 is 10.5 Å². The molecule has 0 radical (unpaired) electrons. The largest absolute Gasteiger partial charge is 0.298 e. The van der Waals surface area contributed by atoms with E-state index in [1.54, 1.807) is 24.3 Å². The van der Waals surface area contributed by atoms with E-state index in [4.69, 9.17) is 16.7 Å². The lowest BCUT2D eigenvalue weighted by Gasteiger charge is -2.03.